The molecule has 0 aromatic heterocycles. The molecule has 2 atom stereocenters. The molecule has 1 N–H and O–H groups in total. The highest BCUT2D eigenvalue weighted by Crippen LogP contribution is 2.19. The van der Waals surface area contributed by atoms with Gasteiger partial charge >= 0.3 is 0 Å². The van der Waals surface area contributed by atoms with Gasteiger partial charge in [-0.2, -0.15) is 0 Å². The molecule has 0 spiro atoms. The first kappa shape index (κ1) is 26.6. The van der Waals surface area contributed by atoms with Crippen molar-refractivity contribution in [2.75, 3.05) is 6.61 Å². The lowest BCUT2D eigenvalue weighted by Crippen LogP contribution is -2.53. The molecule has 0 radical (unpaired) electrons. The molecule has 0 saturated heterocycles. The van der Waals surface area contributed by atoms with Crippen LogP contribution in [0.3, 0.4) is 0 Å². The first-order valence-electron chi connectivity index (χ1n) is 11.6. The number of rotatable bonds is 11. The van der Waals surface area contributed by atoms with E-state index in [2.05, 4.69) is 5.32 Å². The third-order valence-corrected chi connectivity index (χ3v) is 6.18. The Hall–Kier alpha value is -3.02. The first-order chi connectivity index (χ1) is 16.9. The third kappa shape index (κ3) is 8.30. The summed E-state index contributed by atoms with van der Waals surface area (Å²) in [5.74, 6) is 0.0133. The molecule has 5 nitrogen and oxygen atoms in total. The minimum absolute atomic E-state index is 0.0192. The van der Waals surface area contributed by atoms with E-state index in [1.165, 1.54) is 0 Å². The van der Waals surface area contributed by atoms with Crippen LogP contribution in [0, 0.1) is 0 Å². The fourth-order valence-corrected chi connectivity index (χ4v) is 3.92. The SMILES string of the molecule is CC[C@@H](C)NC(=O)[C@@H](Cc1ccccc1)N(Cc1cccc(Cl)c1)C(=O)COc1ccc(Cl)cc1. The van der Waals surface area contributed by atoms with Gasteiger partial charge in [-0.05, 0) is 60.9 Å². The van der Waals surface area contributed by atoms with Crippen molar-refractivity contribution >= 4 is 35.0 Å². The van der Waals surface area contributed by atoms with Crippen LogP contribution in [0.15, 0.2) is 78.9 Å². The van der Waals surface area contributed by atoms with Crippen LogP contribution in [0.2, 0.25) is 10.0 Å². The van der Waals surface area contributed by atoms with Gasteiger partial charge in [0.2, 0.25) is 5.91 Å². The number of nitrogens with one attached hydrogen (secondary N) is 1. The van der Waals surface area contributed by atoms with E-state index in [4.69, 9.17) is 27.9 Å². The van der Waals surface area contributed by atoms with Gasteiger partial charge in [-0.1, -0.05) is 72.6 Å². The number of carbonyl (C=O) groups is 2. The van der Waals surface area contributed by atoms with Crippen molar-refractivity contribution in [2.45, 2.75) is 45.3 Å². The monoisotopic (exact) mass is 512 g/mol. The van der Waals surface area contributed by atoms with Gasteiger partial charge in [0.25, 0.3) is 5.91 Å². The summed E-state index contributed by atoms with van der Waals surface area (Å²) >= 11 is 12.2. The number of carbonyl (C=O) groups excluding carboxylic acids is 2. The second kappa shape index (κ2) is 13.2. The number of ether oxygens (including phenoxy) is 1. The Morgan fingerprint density at radius 3 is 2.26 bits per heavy atom. The fourth-order valence-electron chi connectivity index (χ4n) is 3.59. The van der Waals surface area contributed by atoms with Crippen LogP contribution >= 0.6 is 23.2 Å². The highest BCUT2D eigenvalue weighted by molar-refractivity contribution is 6.30. The van der Waals surface area contributed by atoms with Gasteiger partial charge in [0.05, 0.1) is 0 Å². The maximum absolute atomic E-state index is 13.5. The third-order valence-electron chi connectivity index (χ3n) is 5.69. The minimum atomic E-state index is -0.730. The Bertz CT molecular complexity index is 1110. The molecular weight excluding hydrogens is 483 g/mol. The number of nitrogens with zero attached hydrogens (tertiary/aromatic N) is 1. The maximum atomic E-state index is 13.5. The zero-order valence-corrected chi connectivity index (χ0v) is 21.4. The quantitative estimate of drug-likeness (QED) is 0.346. The van der Waals surface area contributed by atoms with Crippen molar-refractivity contribution in [3.8, 4) is 5.75 Å². The Morgan fingerprint density at radius 2 is 1.60 bits per heavy atom. The molecule has 35 heavy (non-hydrogen) atoms. The Morgan fingerprint density at radius 1 is 0.914 bits per heavy atom. The summed E-state index contributed by atoms with van der Waals surface area (Å²) in [7, 11) is 0. The van der Waals surface area contributed by atoms with Crippen LogP contribution in [0.25, 0.3) is 0 Å². The maximum Gasteiger partial charge on any atom is 0.261 e. The molecule has 184 valence electrons. The van der Waals surface area contributed by atoms with Crippen LogP contribution in [0.1, 0.15) is 31.4 Å². The van der Waals surface area contributed by atoms with Crippen molar-refractivity contribution in [1.29, 1.82) is 0 Å². The average molecular weight is 513 g/mol. The molecule has 0 fully saturated rings. The van der Waals surface area contributed by atoms with Gasteiger partial charge in [0.15, 0.2) is 6.61 Å². The van der Waals surface area contributed by atoms with Gasteiger partial charge < -0.3 is 15.0 Å². The molecule has 0 aliphatic rings. The Kier molecular flexibility index (Phi) is 10.0. The lowest BCUT2D eigenvalue weighted by Gasteiger charge is -2.32. The summed E-state index contributed by atoms with van der Waals surface area (Å²) in [5, 5.41) is 4.19. The second-order valence-corrected chi connectivity index (χ2v) is 9.29. The van der Waals surface area contributed by atoms with Gasteiger partial charge in [-0.25, -0.2) is 0 Å². The molecule has 0 aliphatic carbocycles. The summed E-state index contributed by atoms with van der Waals surface area (Å²) < 4.78 is 5.74. The fraction of sp³-hybridized carbons (Fsp3) is 0.286. The van der Waals surface area contributed by atoms with Gasteiger partial charge in [-0.3, -0.25) is 9.59 Å². The highest BCUT2D eigenvalue weighted by atomic mass is 35.5. The topological polar surface area (TPSA) is 58.6 Å². The zero-order valence-electron chi connectivity index (χ0n) is 19.9. The Balaban J connectivity index is 1.90. The predicted octanol–water partition coefficient (Wildman–Crippen LogP) is 5.93. The molecule has 3 aromatic carbocycles. The van der Waals surface area contributed by atoms with Crippen LogP contribution in [-0.2, 0) is 22.6 Å². The minimum Gasteiger partial charge on any atom is -0.484 e. The average Bonchev–Trinajstić information content (AvgIpc) is 2.86. The molecule has 0 saturated carbocycles. The van der Waals surface area contributed by atoms with Gasteiger partial charge in [0.1, 0.15) is 11.8 Å². The second-order valence-electron chi connectivity index (χ2n) is 8.42. The summed E-state index contributed by atoms with van der Waals surface area (Å²) in [6.45, 7) is 3.95. The van der Waals surface area contributed by atoms with E-state index in [0.717, 1.165) is 17.5 Å². The first-order valence-corrected chi connectivity index (χ1v) is 12.4. The van der Waals surface area contributed by atoms with Crippen molar-refractivity contribution in [3.63, 3.8) is 0 Å². The van der Waals surface area contributed by atoms with E-state index >= 15 is 0 Å². The van der Waals surface area contributed by atoms with E-state index in [9.17, 15) is 9.59 Å². The summed E-state index contributed by atoms with van der Waals surface area (Å²) in [4.78, 5) is 28.5. The molecule has 7 heteroatoms. The number of benzene rings is 3. The summed E-state index contributed by atoms with van der Waals surface area (Å²) in [6.07, 6.45) is 1.15. The highest BCUT2D eigenvalue weighted by Gasteiger charge is 2.31. The van der Waals surface area contributed by atoms with Crippen LogP contribution in [-0.4, -0.2) is 35.4 Å². The van der Waals surface area contributed by atoms with Crippen LogP contribution in [0.4, 0.5) is 0 Å². The van der Waals surface area contributed by atoms with Crippen molar-refractivity contribution < 1.29 is 14.3 Å². The van der Waals surface area contributed by atoms with E-state index in [-0.39, 0.29) is 31.0 Å². The van der Waals surface area contributed by atoms with E-state index in [1.54, 1.807) is 41.3 Å². The molecule has 3 rings (SSSR count). The molecule has 0 aliphatic heterocycles. The van der Waals surface area contributed by atoms with Crippen molar-refractivity contribution in [2.24, 2.45) is 0 Å². The number of hydrogen-bond acceptors (Lipinski definition) is 3. The van der Waals surface area contributed by atoms with Crippen molar-refractivity contribution in [1.82, 2.24) is 10.2 Å². The molecule has 0 unspecified atom stereocenters. The van der Waals surface area contributed by atoms with Gasteiger partial charge in [-0.15, -0.1) is 0 Å². The molecular formula is C28H30Cl2N2O3. The molecule has 0 heterocycles. The zero-order chi connectivity index (χ0) is 25.2. The van der Waals surface area contributed by atoms with E-state index in [0.29, 0.717) is 22.2 Å². The van der Waals surface area contributed by atoms with Crippen LogP contribution < -0.4 is 10.1 Å². The Labute approximate surface area is 217 Å². The number of halogens is 2. The predicted molar refractivity (Wildman–Crippen MR) is 141 cm³/mol. The largest absolute Gasteiger partial charge is 0.484 e. The molecule has 2 amide bonds. The lowest BCUT2D eigenvalue weighted by molar-refractivity contribution is -0.143. The molecule has 0 bridgehead atoms. The lowest BCUT2D eigenvalue weighted by atomic mass is 10.0. The summed E-state index contributed by atoms with van der Waals surface area (Å²) in [5.41, 5.74) is 1.78. The number of amides is 2. The summed E-state index contributed by atoms with van der Waals surface area (Å²) in [6, 6.07) is 23.0. The standard InChI is InChI=1S/C28H30Cl2N2O3/c1-3-20(2)31-28(34)26(17-21-8-5-4-6-9-21)32(18-22-10-7-11-24(30)16-22)27(33)19-35-25-14-12-23(29)13-15-25/h4-16,20,26H,3,17-19H2,1-2H3,(H,31,34)/t20-,26-/m1/s1. The normalized spacial score (nSPS) is 12.5. The molecule has 3 aromatic rings. The van der Waals surface area contributed by atoms with E-state index in [1.807, 2.05) is 56.3 Å². The number of hydrogen-bond donors (Lipinski definition) is 1. The van der Waals surface area contributed by atoms with E-state index < -0.39 is 6.04 Å². The van der Waals surface area contributed by atoms with Gasteiger partial charge in [0, 0.05) is 29.1 Å². The smallest absolute Gasteiger partial charge is 0.261 e. The van der Waals surface area contributed by atoms with Crippen LogP contribution in [0.5, 0.6) is 5.75 Å². The van der Waals surface area contributed by atoms with Crippen molar-refractivity contribution in [3.05, 3.63) is 100 Å².